The zero-order valence-corrected chi connectivity index (χ0v) is 16.6. The predicted molar refractivity (Wildman–Crippen MR) is 106 cm³/mol. The Morgan fingerprint density at radius 3 is 2.61 bits per heavy atom. The van der Waals surface area contributed by atoms with Crippen LogP contribution in [0.4, 0.5) is 4.79 Å². The third-order valence-corrected chi connectivity index (χ3v) is 5.01. The molecule has 0 saturated carbocycles. The Bertz CT molecular complexity index is 741. The van der Waals surface area contributed by atoms with E-state index >= 15 is 0 Å². The molecule has 1 saturated heterocycles. The second-order valence-corrected chi connectivity index (χ2v) is 6.95. The summed E-state index contributed by atoms with van der Waals surface area (Å²) in [5, 5.41) is 5.73. The van der Waals surface area contributed by atoms with Crippen LogP contribution in [0, 0.1) is 0 Å². The van der Waals surface area contributed by atoms with Crippen LogP contribution < -0.4 is 15.4 Å². The molecule has 0 bridgehead atoms. The van der Waals surface area contributed by atoms with E-state index in [1.165, 1.54) is 6.42 Å². The molecule has 2 N–H and O–H groups in total. The van der Waals surface area contributed by atoms with E-state index in [4.69, 9.17) is 9.47 Å². The maximum atomic E-state index is 12.9. The van der Waals surface area contributed by atoms with E-state index in [-0.39, 0.29) is 12.6 Å². The summed E-state index contributed by atoms with van der Waals surface area (Å²) in [4.78, 5) is 27.6. The molecule has 28 heavy (non-hydrogen) atoms. The molecule has 7 heteroatoms. The van der Waals surface area contributed by atoms with Crippen molar-refractivity contribution in [1.29, 1.82) is 0 Å². The summed E-state index contributed by atoms with van der Waals surface area (Å²) in [5.41, 5.74) is 1.80. The fourth-order valence-electron chi connectivity index (χ4n) is 3.77. The largest absolute Gasteiger partial charge is 0.494 e. The van der Waals surface area contributed by atoms with Gasteiger partial charge in [-0.15, -0.1) is 0 Å². The number of rotatable bonds is 7. The molecule has 2 aliphatic rings. The van der Waals surface area contributed by atoms with E-state index in [2.05, 4.69) is 15.5 Å². The Hall–Kier alpha value is -2.54. The van der Waals surface area contributed by atoms with Gasteiger partial charge in [0.2, 0.25) is 0 Å². The van der Waals surface area contributed by atoms with Gasteiger partial charge >= 0.3 is 12.0 Å². The van der Waals surface area contributed by atoms with Crippen LogP contribution in [-0.4, -0.2) is 49.7 Å². The zero-order chi connectivity index (χ0) is 19.9. The van der Waals surface area contributed by atoms with Crippen molar-refractivity contribution in [3.63, 3.8) is 0 Å². The monoisotopic (exact) mass is 387 g/mol. The van der Waals surface area contributed by atoms with Gasteiger partial charge in [0.1, 0.15) is 5.75 Å². The highest BCUT2D eigenvalue weighted by molar-refractivity contribution is 5.95. The quantitative estimate of drug-likeness (QED) is 0.704. The Morgan fingerprint density at radius 1 is 1.14 bits per heavy atom. The average molecular weight is 387 g/mol. The maximum Gasteiger partial charge on any atom is 0.338 e. The molecule has 1 atom stereocenters. The predicted octanol–water partition coefficient (Wildman–Crippen LogP) is 2.74. The Labute approximate surface area is 166 Å². The highest BCUT2D eigenvalue weighted by Crippen LogP contribution is 2.34. The first-order valence-electron chi connectivity index (χ1n) is 10.1. The van der Waals surface area contributed by atoms with E-state index in [0.29, 0.717) is 30.2 Å². The number of likely N-dealkylation sites (tertiary alicyclic amines) is 1. The minimum absolute atomic E-state index is 0.271. The van der Waals surface area contributed by atoms with Gasteiger partial charge in [0.15, 0.2) is 0 Å². The van der Waals surface area contributed by atoms with Crippen LogP contribution in [0.2, 0.25) is 0 Å². The molecule has 7 nitrogen and oxygen atoms in total. The SMILES string of the molecule is CCOC(=O)C1=C(CN2CCCCC2)NC(=O)N[C@@H]1c1ccccc1OCC. The molecule has 2 aliphatic heterocycles. The van der Waals surface area contributed by atoms with Crippen molar-refractivity contribution in [2.24, 2.45) is 0 Å². The van der Waals surface area contributed by atoms with Gasteiger partial charge in [-0.2, -0.15) is 0 Å². The van der Waals surface area contributed by atoms with Gasteiger partial charge in [0.05, 0.1) is 24.8 Å². The smallest absolute Gasteiger partial charge is 0.338 e. The molecule has 2 amide bonds. The summed E-state index contributed by atoms with van der Waals surface area (Å²) in [5.74, 6) is 0.231. The first kappa shape index (κ1) is 20.2. The van der Waals surface area contributed by atoms with Gasteiger partial charge < -0.3 is 20.1 Å². The number of nitrogens with one attached hydrogen (secondary N) is 2. The lowest BCUT2D eigenvalue weighted by atomic mass is 9.94. The Balaban J connectivity index is 2.01. The minimum Gasteiger partial charge on any atom is -0.494 e. The number of para-hydroxylation sites is 1. The van der Waals surface area contributed by atoms with E-state index < -0.39 is 12.0 Å². The van der Waals surface area contributed by atoms with E-state index in [0.717, 1.165) is 31.5 Å². The molecule has 3 rings (SSSR count). The number of nitrogens with zero attached hydrogens (tertiary/aromatic N) is 1. The maximum absolute atomic E-state index is 12.9. The number of benzene rings is 1. The molecular weight excluding hydrogens is 358 g/mol. The molecule has 1 aromatic rings. The number of piperidine rings is 1. The van der Waals surface area contributed by atoms with Gasteiger partial charge in [0, 0.05) is 17.8 Å². The van der Waals surface area contributed by atoms with Crippen molar-refractivity contribution in [1.82, 2.24) is 15.5 Å². The number of hydrogen-bond acceptors (Lipinski definition) is 5. The lowest BCUT2D eigenvalue weighted by Gasteiger charge is -2.33. The Morgan fingerprint density at radius 2 is 1.89 bits per heavy atom. The Kier molecular flexibility index (Phi) is 6.92. The molecule has 2 heterocycles. The van der Waals surface area contributed by atoms with Gasteiger partial charge in [-0.1, -0.05) is 24.6 Å². The number of amides is 2. The third kappa shape index (κ3) is 4.65. The number of hydrogen-bond donors (Lipinski definition) is 2. The lowest BCUT2D eigenvalue weighted by molar-refractivity contribution is -0.139. The van der Waals surface area contributed by atoms with Crippen LogP contribution in [0.15, 0.2) is 35.5 Å². The molecule has 0 radical (unpaired) electrons. The van der Waals surface area contributed by atoms with E-state index in [1.54, 1.807) is 6.92 Å². The minimum atomic E-state index is -0.615. The summed E-state index contributed by atoms with van der Waals surface area (Å²) < 4.78 is 11.1. The van der Waals surface area contributed by atoms with Crippen molar-refractivity contribution >= 4 is 12.0 Å². The summed E-state index contributed by atoms with van der Waals surface area (Å²) in [6.45, 7) is 6.89. The molecule has 0 aromatic heterocycles. The fourth-order valence-corrected chi connectivity index (χ4v) is 3.77. The van der Waals surface area contributed by atoms with Crippen molar-refractivity contribution in [2.75, 3.05) is 32.8 Å². The summed E-state index contributed by atoms with van der Waals surface area (Å²) in [7, 11) is 0. The second-order valence-electron chi connectivity index (χ2n) is 6.95. The number of carbonyl (C=O) groups is 2. The topological polar surface area (TPSA) is 79.9 Å². The fraction of sp³-hybridized carbons (Fsp3) is 0.524. The standard InChI is InChI=1S/C21H29N3O4/c1-3-27-17-11-7-6-10-15(17)19-18(20(25)28-4-2)16(22-21(26)23-19)14-24-12-8-5-9-13-24/h6-7,10-11,19H,3-5,8-9,12-14H2,1-2H3,(H2,22,23,26)/t19-/m1/s1. The molecule has 152 valence electrons. The molecular formula is C21H29N3O4. The van der Waals surface area contributed by atoms with Gasteiger partial charge in [-0.3, -0.25) is 4.90 Å². The number of urea groups is 1. The zero-order valence-electron chi connectivity index (χ0n) is 16.6. The van der Waals surface area contributed by atoms with Crippen LogP contribution in [0.1, 0.15) is 44.7 Å². The van der Waals surface area contributed by atoms with Crippen molar-refractivity contribution in [3.8, 4) is 5.75 Å². The molecule has 0 unspecified atom stereocenters. The van der Waals surface area contributed by atoms with Crippen molar-refractivity contribution in [2.45, 2.75) is 39.2 Å². The lowest BCUT2D eigenvalue weighted by Crippen LogP contribution is -2.49. The van der Waals surface area contributed by atoms with Crippen LogP contribution in [-0.2, 0) is 9.53 Å². The highest BCUT2D eigenvalue weighted by Gasteiger charge is 2.35. The molecule has 1 aromatic carbocycles. The summed E-state index contributed by atoms with van der Waals surface area (Å²) in [6, 6.07) is 6.53. The molecule has 0 aliphatic carbocycles. The van der Waals surface area contributed by atoms with Crippen LogP contribution in [0.5, 0.6) is 5.75 Å². The second kappa shape index (κ2) is 9.59. The average Bonchev–Trinajstić information content (AvgIpc) is 2.69. The molecule has 0 spiro atoms. The first-order chi connectivity index (χ1) is 13.6. The van der Waals surface area contributed by atoms with Gasteiger partial charge in [-0.05, 0) is 45.8 Å². The van der Waals surface area contributed by atoms with E-state index in [9.17, 15) is 9.59 Å². The van der Waals surface area contributed by atoms with Crippen molar-refractivity contribution < 1.29 is 19.1 Å². The summed E-state index contributed by atoms with van der Waals surface area (Å²) in [6.07, 6.45) is 3.48. The summed E-state index contributed by atoms with van der Waals surface area (Å²) >= 11 is 0. The van der Waals surface area contributed by atoms with Crippen LogP contribution >= 0.6 is 0 Å². The third-order valence-electron chi connectivity index (χ3n) is 5.01. The number of carbonyl (C=O) groups excluding carboxylic acids is 2. The first-order valence-corrected chi connectivity index (χ1v) is 10.1. The van der Waals surface area contributed by atoms with Gasteiger partial charge in [-0.25, -0.2) is 9.59 Å². The van der Waals surface area contributed by atoms with Crippen LogP contribution in [0.25, 0.3) is 0 Å². The molecule has 1 fully saturated rings. The van der Waals surface area contributed by atoms with E-state index in [1.807, 2.05) is 31.2 Å². The van der Waals surface area contributed by atoms with Crippen molar-refractivity contribution in [3.05, 3.63) is 41.1 Å². The normalized spacial score (nSPS) is 20.4. The highest BCUT2D eigenvalue weighted by atomic mass is 16.5. The number of esters is 1. The van der Waals surface area contributed by atoms with Gasteiger partial charge in [0.25, 0.3) is 0 Å². The van der Waals surface area contributed by atoms with Crippen LogP contribution in [0.3, 0.4) is 0 Å². The number of ether oxygens (including phenoxy) is 2.